The minimum Gasteiger partial charge on any atom is -0.353 e. The zero-order valence-corrected chi connectivity index (χ0v) is 13.5. The minimum atomic E-state index is -0.454. The summed E-state index contributed by atoms with van der Waals surface area (Å²) < 4.78 is 0. The number of hydrogen-bond donors (Lipinski definition) is 1. The van der Waals surface area contributed by atoms with Gasteiger partial charge in [-0.2, -0.15) is 0 Å². The maximum atomic E-state index is 12.2. The zero-order chi connectivity index (χ0) is 16.7. The Bertz CT molecular complexity index is 691. The Labute approximate surface area is 140 Å². The Morgan fingerprint density at radius 1 is 1.08 bits per heavy atom. The van der Waals surface area contributed by atoms with Crippen LogP contribution in [0.5, 0.6) is 0 Å². The Hall–Kier alpha value is -2.21. The Morgan fingerprint density at radius 2 is 1.79 bits per heavy atom. The molecule has 6 nitrogen and oxygen atoms in total. The highest BCUT2D eigenvalue weighted by Gasteiger charge is 2.37. The Balaban J connectivity index is 1.36. The molecule has 2 aliphatic heterocycles. The van der Waals surface area contributed by atoms with Gasteiger partial charge in [0.15, 0.2) is 0 Å². The predicted molar refractivity (Wildman–Crippen MR) is 88.6 cm³/mol. The van der Waals surface area contributed by atoms with E-state index in [0.717, 1.165) is 38.8 Å². The third-order valence-corrected chi connectivity index (χ3v) is 5.10. The van der Waals surface area contributed by atoms with Crippen molar-refractivity contribution in [2.24, 2.45) is 5.92 Å². The van der Waals surface area contributed by atoms with Gasteiger partial charge in [-0.05, 0) is 37.8 Å². The van der Waals surface area contributed by atoms with Crippen molar-refractivity contribution in [1.82, 2.24) is 10.2 Å². The van der Waals surface area contributed by atoms with Gasteiger partial charge < -0.3 is 5.32 Å². The van der Waals surface area contributed by atoms with Crippen LogP contribution >= 0.6 is 0 Å². The second-order valence-corrected chi connectivity index (χ2v) is 6.90. The molecule has 2 heterocycles. The number of ketones is 1. The third-order valence-electron chi connectivity index (χ3n) is 5.10. The fourth-order valence-corrected chi connectivity index (χ4v) is 3.47. The summed E-state index contributed by atoms with van der Waals surface area (Å²) in [7, 11) is 0. The van der Waals surface area contributed by atoms with Gasteiger partial charge in [0.25, 0.3) is 5.78 Å². The first kappa shape index (κ1) is 15.3. The first-order chi connectivity index (χ1) is 11.6. The van der Waals surface area contributed by atoms with E-state index >= 15 is 0 Å². The van der Waals surface area contributed by atoms with Crippen molar-refractivity contribution in [2.45, 2.75) is 31.7 Å². The van der Waals surface area contributed by atoms with Gasteiger partial charge in [0.1, 0.15) is 0 Å². The van der Waals surface area contributed by atoms with E-state index in [1.54, 1.807) is 17.0 Å². The monoisotopic (exact) mass is 327 g/mol. The van der Waals surface area contributed by atoms with Crippen molar-refractivity contribution in [2.75, 3.05) is 24.7 Å². The SMILES string of the molecule is O=C1C(=O)N(CN2CCC(C(=O)NC3CC3)CC2)c2ccccc21. The standard InChI is InChI=1S/C18H21N3O3/c22-16-14-3-1-2-4-15(14)21(18(16)24)11-20-9-7-12(8-10-20)17(23)19-13-5-6-13/h1-4,12-13H,5-11H2,(H,19,23). The van der Waals surface area contributed by atoms with E-state index in [1.165, 1.54) is 0 Å². The van der Waals surface area contributed by atoms with Crippen LogP contribution in [0, 0.1) is 5.92 Å². The molecule has 24 heavy (non-hydrogen) atoms. The van der Waals surface area contributed by atoms with Crippen LogP contribution in [0.2, 0.25) is 0 Å². The fourth-order valence-electron chi connectivity index (χ4n) is 3.47. The van der Waals surface area contributed by atoms with Crippen LogP contribution < -0.4 is 10.2 Å². The second kappa shape index (κ2) is 6.02. The number of para-hydroxylation sites is 1. The van der Waals surface area contributed by atoms with Crippen LogP contribution in [0.3, 0.4) is 0 Å². The summed E-state index contributed by atoms with van der Waals surface area (Å²) in [6, 6.07) is 7.53. The molecule has 0 radical (unpaired) electrons. The molecule has 1 N–H and O–H groups in total. The normalized spacial score (nSPS) is 21.9. The van der Waals surface area contributed by atoms with Gasteiger partial charge in [0, 0.05) is 25.0 Å². The number of anilines is 1. The van der Waals surface area contributed by atoms with Crippen LogP contribution in [-0.4, -0.2) is 48.3 Å². The number of benzene rings is 1. The van der Waals surface area contributed by atoms with Gasteiger partial charge in [0.2, 0.25) is 5.91 Å². The molecule has 2 amide bonds. The van der Waals surface area contributed by atoms with Crippen molar-refractivity contribution in [3.8, 4) is 0 Å². The van der Waals surface area contributed by atoms with Crippen molar-refractivity contribution in [3.05, 3.63) is 29.8 Å². The number of Topliss-reactive ketones (excluding diaryl/α,β-unsaturated/α-hetero) is 1. The molecule has 1 saturated carbocycles. The molecule has 1 aliphatic carbocycles. The van der Waals surface area contributed by atoms with Gasteiger partial charge >= 0.3 is 5.91 Å². The van der Waals surface area contributed by atoms with E-state index in [4.69, 9.17) is 0 Å². The molecule has 0 spiro atoms. The average molecular weight is 327 g/mol. The number of carbonyl (C=O) groups is 3. The van der Waals surface area contributed by atoms with Gasteiger partial charge in [-0.3, -0.25) is 24.2 Å². The number of carbonyl (C=O) groups excluding carboxylic acids is 3. The lowest BCUT2D eigenvalue weighted by molar-refractivity contribution is -0.126. The highest BCUT2D eigenvalue weighted by molar-refractivity contribution is 6.52. The molecule has 2 fully saturated rings. The number of likely N-dealkylation sites (tertiary alicyclic amines) is 1. The zero-order valence-electron chi connectivity index (χ0n) is 13.5. The largest absolute Gasteiger partial charge is 0.353 e. The van der Waals surface area contributed by atoms with E-state index in [2.05, 4.69) is 10.2 Å². The number of nitrogens with zero attached hydrogens (tertiary/aromatic N) is 2. The van der Waals surface area contributed by atoms with E-state index in [-0.39, 0.29) is 11.8 Å². The predicted octanol–water partition coefficient (Wildman–Crippen LogP) is 1.16. The van der Waals surface area contributed by atoms with E-state index in [9.17, 15) is 14.4 Å². The number of nitrogens with one attached hydrogen (secondary N) is 1. The molecule has 0 bridgehead atoms. The lowest BCUT2D eigenvalue weighted by Crippen LogP contribution is -2.46. The Morgan fingerprint density at radius 3 is 2.50 bits per heavy atom. The molecular formula is C18H21N3O3. The summed E-state index contributed by atoms with van der Waals surface area (Å²) in [5.74, 6) is -0.630. The van der Waals surface area contributed by atoms with E-state index < -0.39 is 11.7 Å². The van der Waals surface area contributed by atoms with Crippen molar-refractivity contribution < 1.29 is 14.4 Å². The van der Waals surface area contributed by atoms with Crippen molar-refractivity contribution in [1.29, 1.82) is 0 Å². The molecule has 1 saturated heterocycles. The van der Waals surface area contributed by atoms with Crippen LogP contribution in [0.15, 0.2) is 24.3 Å². The van der Waals surface area contributed by atoms with Gasteiger partial charge in [-0.15, -0.1) is 0 Å². The summed E-state index contributed by atoms with van der Waals surface area (Å²) in [6.45, 7) is 1.95. The van der Waals surface area contributed by atoms with Gasteiger partial charge in [-0.1, -0.05) is 12.1 Å². The molecule has 126 valence electrons. The second-order valence-electron chi connectivity index (χ2n) is 6.90. The fraction of sp³-hybridized carbons (Fsp3) is 0.500. The quantitative estimate of drug-likeness (QED) is 0.843. The molecule has 1 aromatic rings. The molecule has 0 unspecified atom stereocenters. The average Bonchev–Trinajstić information content (AvgIpc) is 3.39. The van der Waals surface area contributed by atoms with E-state index in [0.29, 0.717) is 24.0 Å². The molecular weight excluding hydrogens is 306 g/mol. The number of fused-ring (bicyclic) bond motifs is 1. The summed E-state index contributed by atoms with van der Waals surface area (Å²) in [5.41, 5.74) is 1.18. The molecule has 0 aromatic heterocycles. The van der Waals surface area contributed by atoms with Gasteiger partial charge in [-0.25, -0.2) is 0 Å². The third kappa shape index (κ3) is 2.82. The van der Waals surface area contributed by atoms with Gasteiger partial charge in [0.05, 0.1) is 17.9 Å². The maximum absolute atomic E-state index is 12.2. The molecule has 0 atom stereocenters. The number of piperidine rings is 1. The van der Waals surface area contributed by atoms with Crippen LogP contribution in [0.25, 0.3) is 0 Å². The van der Waals surface area contributed by atoms with Crippen LogP contribution in [0.1, 0.15) is 36.0 Å². The number of rotatable bonds is 4. The maximum Gasteiger partial charge on any atom is 0.300 e. The number of hydrogen-bond acceptors (Lipinski definition) is 4. The number of amides is 2. The molecule has 6 heteroatoms. The molecule has 4 rings (SSSR count). The van der Waals surface area contributed by atoms with E-state index in [1.807, 2.05) is 12.1 Å². The first-order valence-corrected chi connectivity index (χ1v) is 8.61. The lowest BCUT2D eigenvalue weighted by Gasteiger charge is -2.33. The lowest BCUT2D eigenvalue weighted by atomic mass is 9.96. The smallest absolute Gasteiger partial charge is 0.300 e. The summed E-state index contributed by atoms with van der Waals surface area (Å²) in [4.78, 5) is 40.1. The highest BCUT2D eigenvalue weighted by Crippen LogP contribution is 2.29. The molecule has 1 aromatic carbocycles. The van der Waals surface area contributed by atoms with Crippen LogP contribution in [0.4, 0.5) is 5.69 Å². The summed E-state index contributed by atoms with van der Waals surface area (Å²) in [5, 5.41) is 3.07. The highest BCUT2D eigenvalue weighted by atomic mass is 16.2. The summed E-state index contributed by atoms with van der Waals surface area (Å²) in [6.07, 6.45) is 3.82. The topological polar surface area (TPSA) is 69.7 Å². The van der Waals surface area contributed by atoms with Crippen molar-refractivity contribution in [3.63, 3.8) is 0 Å². The Kier molecular flexibility index (Phi) is 3.84. The van der Waals surface area contributed by atoms with Crippen LogP contribution in [-0.2, 0) is 9.59 Å². The van der Waals surface area contributed by atoms with Crippen molar-refractivity contribution >= 4 is 23.3 Å². The minimum absolute atomic E-state index is 0.0741. The molecule has 3 aliphatic rings. The first-order valence-electron chi connectivity index (χ1n) is 8.61. The summed E-state index contributed by atoms with van der Waals surface area (Å²) >= 11 is 0.